The SMILES string of the molecule is Cc1cnc(C(=O)N2CCCC(=Nc3cnc(C(F)(F)F)cn3)[C@@H]2C)c(-c2ncco2)c1. The normalized spacial score (nSPS) is 18.2. The van der Waals surface area contributed by atoms with E-state index in [-0.39, 0.29) is 17.4 Å². The predicted molar refractivity (Wildman–Crippen MR) is 108 cm³/mol. The number of carbonyl (C=O) groups excluding carboxylic acids is 1. The largest absolute Gasteiger partial charge is 0.444 e. The fourth-order valence-electron chi connectivity index (χ4n) is 3.51. The van der Waals surface area contributed by atoms with E-state index in [2.05, 4.69) is 24.9 Å². The number of halogens is 3. The number of aryl methyl sites for hydroxylation is 1. The van der Waals surface area contributed by atoms with Crippen molar-refractivity contribution in [1.29, 1.82) is 0 Å². The smallest absolute Gasteiger partial charge is 0.434 e. The van der Waals surface area contributed by atoms with Crippen LogP contribution in [0.3, 0.4) is 0 Å². The highest BCUT2D eigenvalue weighted by molar-refractivity contribution is 6.02. The number of hydrogen-bond donors (Lipinski definition) is 0. The maximum Gasteiger partial charge on any atom is 0.434 e. The Balaban J connectivity index is 1.61. The van der Waals surface area contributed by atoms with Crippen molar-refractivity contribution in [3.63, 3.8) is 0 Å². The molecule has 1 aliphatic heterocycles. The summed E-state index contributed by atoms with van der Waals surface area (Å²) in [5.74, 6) is 0.0443. The minimum atomic E-state index is -4.57. The third-order valence-electron chi connectivity index (χ3n) is 5.12. The Kier molecular flexibility index (Phi) is 5.72. The van der Waals surface area contributed by atoms with Crippen LogP contribution in [0.25, 0.3) is 11.5 Å². The average molecular weight is 444 g/mol. The number of nitrogens with zero attached hydrogens (tertiary/aromatic N) is 6. The van der Waals surface area contributed by atoms with E-state index in [1.54, 1.807) is 17.2 Å². The third kappa shape index (κ3) is 4.36. The number of carbonyl (C=O) groups is 1. The van der Waals surface area contributed by atoms with Crippen molar-refractivity contribution in [2.24, 2.45) is 4.99 Å². The van der Waals surface area contributed by atoms with Gasteiger partial charge in [-0.05, 0) is 38.3 Å². The van der Waals surface area contributed by atoms with Crippen LogP contribution < -0.4 is 0 Å². The lowest BCUT2D eigenvalue weighted by Crippen LogP contribution is -2.47. The van der Waals surface area contributed by atoms with Gasteiger partial charge in [0.05, 0.1) is 30.2 Å². The predicted octanol–water partition coefficient (Wildman–Crippen LogP) is 4.25. The van der Waals surface area contributed by atoms with Crippen molar-refractivity contribution >= 4 is 17.4 Å². The second-order valence-corrected chi connectivity index (χ2v) is 7.38. The molecular formula is C21H19F3N6O2. The van der Waals surface area contributed by atoms with E-state index in [0.29, 0.717) is 42.7 Å². The van der Waals surface area contributed by atoms with Crippen LogP contribution in [-0.4, -0.2) is 49.0 Å². The highest BCUT2D eigenvalue weighted by Gasteiger charge is 2.33. The molecule has 0 spiro atoms. The topological polar surface area (TPSA) is 97.4 Å². The number of oxazole rings is 1. The van der Waals surface area contributed by atoms with E-state index in [1.807, 2.05) is 13.8 Å². The molecule has 11 heteroatoms. The summed E-state index contributed by atoms with van der Waals surface area (Å²) in [6.45, 7) is 4.15. The number of rotatable bonds is 3. The fraction of sp³-hybridized carbons (Fsp3) is 0.333. The van der Waals surface area contributed by atoms with Crippen molar-refractivity contribution in [3.8, 4) is 11.5 Å². The molecular weight excluding hydrogens is 425 g/mol. The number of likely N-dealkylation sites (tertiary alicyclic amines) is 1. The molecule has 3 aromatic heterocycles. The van der Waals surface area contributed by atoms with Gasteiger partial charge in [0.2, 0.25) is 5.89 Å². The Morgan fingerprint density at radius 1 is 1.19 bits per heavy atom. The van der Waals surface area contributed by atoms with Gasteiger partial charge in [0.25, 0.3) is 5.91 Å². The van der Waals surface area contributed by atoms with E-state index >= 15 is 0 Å². The van der Waals surface area contributed by atoms with Crippen molar-refractivity contribution in [3.05, 3.63) is 54.1 Å². The van der Waals surface area contributed by atoms with Crippen LogP contribution >= 0.6 is 0 Å². The van der Waals surface area contributed by atoms with Crippen LogP contribution in [-0.2, 0) is 6.18 Å². The summed E-state index contributed by atoms with van der Waals surface area (Å²) in [4.78, 5) is 35.0. The zero-order chi connectivity index (χ0) is 22.9. The Hall–Kier alpha value is -3.63. The molecule has 0 N–H and O–H groups in total. The molecule has 1 fully saturated rings. The lowest BCUT2D eigenvalue weighted by atomic mass is 9.99. The first-order chi connectivity index (χ1) is 15.2. The number of alkyl halides is 3. The first kappa shape index (κ1) is 21.6. The monoisotopic (exact) mass is 444 g/mol. The molecule has 4 rings (SSSR count). The van der Waals surface area contributed by atoms with Crippen LogP contribution in [0.4, 0.5) is 19.0 Å². The molecule has 32 heavy (non-hydrogen) atoms. The van der Waals surface area contributed by atoms with E-state index in [4.69, 9.17) is 4.42 Å². The van der Waals surface area contributed by atoms with Crippen LogP contribution in [0, 0.1) is 6.92 Å². The highest BCUT2D eigenvalue weighted by atomic mass is 19.4. The molecule has 1 atom stereocenters. The molecule has 3 aromatic rings. The second kappa shape index (κ2) is 8.48. The molecule has 1 saturated heterocycles. The quantitative estimate of drug-likeness (QED) is 0.599. The number of aliphatic imine (C=N–C) groups is 1. The van der Waals surface area contributed by atoms with Gasteiger partial charge < -0.3 is 9.32 Å². The Bertz CT molecular complexity index is 1140. The zero-order valence-corrected chi connectivity index (χ0v) is 17.3. The summed E-state index contributed by atoms with van der Waals surface area (Å²) < 4.78 is 43.5. The summed E-state index contributed by atoms with van der Waals surface area (Å²) >= 11 is 0. The van der Waals surface area contributed by atoms with Crippen LogP contribution in [0.1, 0.15) is 41.5 Å². The van der Waals surface area contributed by atoms with Gasteiger partial charge in [-0.15, -0.1) is 0 Å². The number of aromatic nitrogens is 4. The van der Waals surface area contributed by atoms with Crippen LogP contribution in [0.5, 0.6) is 0 Å². The minimum Gasteiger partial charge on any atom is -0.444 e. The molecule has 166 valence electrons. The Morgan fingerprint density at radius 2 is 2.00 bits per heavy atom. The molecule has 0 aromatic carbocycles. The van der Waals surface area contributed by atoms with Crippen LogP contribution in [0.2, 0.25) is 0 Å². The minimum absolute atomic E-state index is 0.0584. The third-order valence-corrected chi connectivity index (χ3v) is 5.12. The second-order valence-electron chi connectivity index (χ2n) is 7.38. The van der Waals surface area contributed by atoms with Gasteiger partial charge >= 0.3 is 6.18 Å². The summed E-state index contributed by atoms with van der Waals surface area (Å²) in [6, 6.07) is 1.38. The lowest BCUT2D eigenvalue weighted by molar-refractivity contribution is -0.141. The summed E-state index contributed by atoms with van der Waals surface area (Å²) in [5, 5.41) is 0. The molecule has 0 bridgehead atoms. The Labute approximate surface area is 181 Å². The molecule has 0 unspecified atom stereocenters. The Morgan fingerprint density at radius 3 is 2.66 bits per heavy atom. The number of amides is 1. The maximum absolute atomic E-state index is 13.4. The van der Waals surface area contributed by atoms with E-state index in [9.17, 15) is 18.0 Å². The van der Waals surface area contributed by atoms with Gasteiger partial charge in [-0.1, -0.05) is 0 Å². The lowest BCUT2D eigenvalue weighted by Gasteiger charge is -2.34. The van der Waals surface area contributed by atoms with Crippen molar-refractivity contribution in [2.45, 2.75) is 38.9 Å². The molecule has 8 nitrogen and oxygen atoms in total. The first-order valence-corrected chi connectivity index (χ1v) is 9.88. The van der Waals surface area contributed by atoms with Gasteiger partial charge in [-0.3, -0.25) is 4.79 Å². The highest BCUT2D eigenvalue weighted by Crippen LogP contribution is 2.28. The summed E-state index contributed by atoms with van der Waals surface area (Å²) in [5.41, 5.74) is 1.10. The fourth-order valence-corrected chi connectivity index (χ4v) is 3.51. The van der Waals surface area contributed by atoms with Gasteiger partial charge in [0.1, 0.15) is 12.0 Å². The van der Waals surface area contributed by atoms with Crippen LogP contribution in [0.15, 0.2) is 46.5 Å². The summed E-state index contributed by atoms with van der Waals surface area (Å²) in [6.07, 6.45) is 2.80. The van der Waals surface area contributed by atoms with E-state index < -0.39 is 17.9 Å². The zero-order valence-electron chi connectivity index (χ0n) is 17.3. The number of hydrogen-bond acceptors (Lipinski definition) is 7. The van der Waals surface area contributed by atoms with Gasteiger partial charge in [-0.25, -0.2) is 24.9 Å². The standard InChI is InChI=1S/C21H19F3N6O2/c1-12-8-14(19-25-5-7-32-19)18(28-9-12)20(31)30-6-3-4-15(13(30)2)29-17-11-26-16(10-27-17)21(22,23)24/h5,7-11,13H,3-4,6H2,1-2H3/t13-/m0/s1. The number of piperidine rings is 1. The molecule has 4 heterocycles. The average Bonchev–Trinajstić information content (AvgIpc) is 3.29. The summed E-state index contributed by atoms with van der Waals surface area (Å²) in [7, 11) is 0. The molecule has 0 aliphatic carbocycles. The first-order valence-electron chi connectivity index (χ1n) is 9.88. The van der Waals surface area contributed by atoms with Gasteiger partial charge in [0.15, 0.2) is 11.5 Å². The van der Waals surface area contributed by atoms with Crippen molar-refractivity contribution in [1.82, 2.24) is 24.8 Å². The molecule has 0 radical (unpaired) electrons. The molecule has 1 amide bonds. The van der Waals surface area contributed by atoms with Gasteiger partial charge in [0, 0.05) is 18.5 Å². The van der Waals surface area contributed by atoms with E-state index in [0.717, 1.165) is 11.8 Å². The number of pyridine rings is 1. The maximum atomic E-state index is 13.4. The van der Waals surface area contributed by atoms with Crippen molar-refractivity contribution < 1.29 is 22.4 Å². The van der Waals surface area contributed by atoms with Gasteiger partial charge in [-0.2, -0.15) is 13.2 Å². The molecule has 0 saturated carbocycles. The molecule has 1 aliphatic rings. The van der Waals surface area contributed by atoms with E-state index in [1.165, 1.54) is 12.5 Å². The van der Waals surface area contributed by atoms with Crippen molar-refractivity contribution in [2.75, 3.05) is 6.54 Å².